The lowest BCUT2D eigenvalue weighted by molar-refractivity contribution is 0.308. The number of hydrogen-bond donors (Lipinski definition) is 2. The van der Waals surface area contributed by atoms with Gasteiger partial charge in [-0.2, -0.15) is 0 Å². The third kappa shape index (κ3) is 1.91. The minimum Gasteiger partial charge on any atom is -0.399 e. The van der Waals surface area contributed by atoms with E-state index in [1.807, 2.05) is 6.07 Å². The average molecular weight is 177 g/mol. The molecule has 70 valence electrons. The summed E-state index contributed by atoms with van der Waals surface area (Å²) in [6.07, 6.45) is 4.23. The van der Waals surface area contributed by atoms with E-state index in [0.717, 1.165) is 17.4 Å². The van der Waals surface area contributed by atoms with E-state index < -0.39 is 0 Å². The summed E-state index contributed by atoms with van der Waals surface area (Å²) < 4.78 is 0. The maximum absolute atomic E-state index is 5.64. The highest BCUT2D eigenvalue weighted by Gasteiger charge is 2.25. The predicted molar refractivity (Wildman–Crippen MR) is 54.5 cm³/mol. The van der Waals surface area contributed by atoms with Crippen molar-refractivity contribution in [2.45, 2.75) is 25.8 Å². The van der Waals surface area contributed by atoms with Crippen molar-refractivity contribution in [3.8, 4) is 0 Å². The number of aromatic nitrogens is 1. The lowest BCUT2D eigenvalue weighted by Crippen LogP contribution is -2.34. The molecule has 0 aliphatic heterocycles. The second-order valence-electron chi connectivity index (χ2n) is 3.89. The number of pyridine rings is 1. The Morgan fingerprint density at radius 3 is 2.92 bits per heavy atom. The van der Waals surface area contributed by atoms with E-state index >= 15 is 0 Å². The first-order chi connectivity index (χ1) is 6.24. The third-order valence-electron chi connectivity index (χ3n) is 2.51. The van der Waals surface area contributed by atoms with Crippen molar-refractivity contribution >= 4 is 11.5 Å². The van der Waals surface area contributed by atoms with Gasteiger partial charge in [0.25, 0.3) is 0 Å². The van der Waals surface area contributed by atoms with Crippen molar-refractivity contribution in [2.75, 3.05) is 11.1 Å². The van der Waals surface area contributed by atoms with Crippen LogP contribution in [0.25, 0.3) is 0 Å². The third-order valence-corrected chi connectivity index (χ3v) is 2.51. The molecule has 1 heterocycles. The molecule has 0 unspecified atom stereocenters. The molecule has 2 rings (SSSR count). The Bertz CT molecular complexity index is 292. The van der Waals surface area contributed by atoms with E-state index in [2.05, 4.69) is 17.2 Å². The van der Waals surface area contributed by atoms with Crippen LogP contribution in [0, 0.1) is 5.92 Å². The Labute approximate surface area is 78.4 Å². The van der Waals surface area contributed by atoms with Crippen molar-refractivity contribution in [1.82, 2.24) is 4.98 Å². The van der Waals surface area contributed by atoms with Gasteiger partial charge in [0.1, 0.15) is 5.82 Å². The molecule has 1 aromatic heterocycles. The van der Waals surface area contributed by atoms with Crippen LogP contribution in [-0.4, -0.2) is 11.0 Å². The van der Waals surface area contributed by atoms with Crippen LogP contribution in [0.1, 0.15) is 19.8 Å². The van der Waals surface area contributed by atoms with Crippen molar-refractivity contribution < 1.29 is 0 Å². The van der Waals surface area contributed by atoms with Gasteiger partial charge in [0.2, 0.25) is 0 Å². The minimum absolute atomic E-state index is 0.601. The number of nitrogens with zero attached hydrogens (tertiary/aromatic N) is 1. The van der Waals surface area contributed by atoms with Gasteiger partial charge in [0.05, 0.1) is 0 Å². The Balaban J connectivity index is 1.94. The summed E-state index contributed by atoms with van der Waals surface area (Å²) in [7, 11) is 0. The standard InChI is InChI=1S/C10H15N3/c1-7-4-9(5-7)13-10-6-8(11)2-3-12-10/h2-3,6-7,9H,4-5H2,1H3,(H3,11,12,13). The molecule has 1 aromatic rings. The molecule has 0 aromatic carbocycles. The van der Waals surface area contributed by atoms with Crippen LogP contribution in [0.2, 0.25) is 0 Å². The van der Waals surface area contributed by atoms with Gasteiger partial charge < -0.3 is 11.1 Å². The van der Waals surface area contributed by atoms with Gasteiger partial charge in [-0.05, 0) is 24.8 Å². The SMILES string of the molecule is CC1CC(Nc2cc(N)ccn2)C1. The van der Waals surface area contributed by atoms with Crippen LogP contribution in [0.15, 0.2) is 18.3 Å². The van der Waals surface area contributed by atoms with Crippen LogP contribution >= 0.6 is 0 Å². The zero-order valence-electron chi connectivity index (χ0n) is 7.83. The van der Waals surface area contributed by atoms with E-state index in [4.69, 9.17) is 5.73 Å². The zero-order chi connectivity index (χ0) is 9.26. The molecule has 1 fully saturated rings. The molecule has 0 bridgehead atoms. The van der Waals surface area contributed by atoms with E-state index in [0.29, 0.717) is 6.04 Å². The number of nitrogens with two attached hydrogens (primary N) is 1. The summed E-state index contributed by atoms with van der Waals surface area (Å²) in [5.74, 6) is 1.76. The van der Waals surface area contributed by atoms with Crippen molar-refractivity contribution in [3.05, 3.63) is 18.3 Å². The molecule has 3 N–H and O–H groups in total. The Morgan fingerprint density at radius 2 is 2.31 bits per heavy atom. The highest BCUT2D eigenvalue weighted by molar-refractivity contribution is 5.49. The summed E-state index contributed by atoms with van der Waals surface area (Å²) in [5.41, 5.74) is 6.41. The molecule has 3 nitrogen and oxygen atoms in total. The van der Waals surface area contributed by atoms with Crippen LogP contribution in [0.5, 0.6) is 0 Å². The highest BCUT2D eigenvalue weighted by Crippen LogP contribution is 2.28. The molecule has 1 aliphatic rings. The quantitative estimate of drug-likeness (QED) is 0.725. The van der Waals surface area contributed by atoms with E-state index in [9.17, 15) is 0 Å². The fourth-order valence-corrected chi connectivity index (χ4v) is 1.76. The molecule has 0 saturated heterocycles. The Kier molecular flexibility index (Phi) is 2.08. The fourth-order valence-electron chi connectivity index (χ4n) is 1.76. The zero-order valence-corrected chi connectivity index (χ0v) is 7.83. The van der Waals surface area contributed by atoms with Gasteiger partial charge in [-0.1, -0.05) is 6.92 Å². The Hall–Kier alpha value is -1.25. The smallest absolute Gasteiger partial charge is 0.128 e. The molecule has 0 radical (unpaired) electrons. The second kappa shape index (κ2) is 3.24. The molecule has 13 heavy (non-hydrogen) atoms. The Morgan fingerprint density at radius 1 is 1.54 bits per heavy atom. The topological polar surface area (TPSA) is 50.9 Å². The minimum atomic E-state index is 0.601. The van der Waals surface area contributed by atoms with Gasteiger partial charge in [-0.15, -0.1) is 0 Å². The summed E-state index contributed by atoms with van der Waals surface area (Å²) in [4.78, 5) is 4.20. The number of rotatable bonds is 2. The first-order valence-corrected chi connectivity index (χ1v) is 4.72. The summed E-state index contributed by atoms with van der Waals surface area (Å²) in [5, 5.41) is 3.36. The van der Waals surface area contributed by atoms with E-state index in [-0.39, 0.29) is 0 Å². The lowest BCUT2D eigenvalue weighted by atomic mass is 9.82. The van der Waals surface area contributed by atoms with Gasteiger partial charge in [0, 0.05) is 24.0 Å². The molecular weight excluding hydrogens is 162 g/mol. The van der Waals surface area contributed by atoms with E-state index in [1.54, 1.807) is 12.3 Å². The number of anilines is 2. The second-order valence-corrected chi connectivity index (χ2v) is 3.89. The molecule has 3 heteroatoms. The molecule has 0 spiro atoms. The largest absolute Gasteiger partial charge is 0.399 e. The lowest BCUT2D eigenvalue weighted by Gasteiger charge is -2.33. The van der Waals surface area contributed by atoms with Crippen LogP contribution < -0.4 is 11.1 Å². The summed E-state index contributed by atoms with van der Waals surface area (Å²) in [6, 6.07) is 4.28. The number of nitrogen functional groups attached to an aromatic ring is 1. The van der Waals surface area contributed by atoms with Crippen molar-refractivity contribution in [1.29, 1.82) is 0 Å². The van der Waals surface area contributed by atoms with E-state index in [1.165, 1.54) is 12.8 Å². The molecule has 1 aliphatic carbocycles. The van der Waals surface area contributed by atoms with Gasteiger partial charge in [-0.3, -0.25) is 0 Å². The molecule has 0 amide bonds. The summed E-state index contributed by atoms with van der Waals surface area (Å²) >= 11 is 0. The van der Waals surface area contributed by atoms with Crippen LogP contribution in [0.4, 0.5) is 11.5 Å². The van der Waals surface area contributed by atoms with Crippen LogP contribution in [0.3, 0.4) is 0 Å². The number of hydrogen-bond acceptors (Lipinski definition) is 3. The number of nitrogens with one attached hydrogen (secondary N) is 1. The van der Waals surface area contributed by atoms with Gasteiger partial charge >= 0.3 is 0 Å². The van der Waals surface area contributed by atoms with Crippen LogP contribution in [-0.2, 0) is 0 Å². The summed E-state index contributed by atoms with van der Waals surface area (Å²) in [6.45, 7) is 2.27. The van der Waals surface area contributed by atoms with Gasteiger partial charge in [-0.25, -0.2) is 4.98 Å². The molecule has 0 atom stereocenters. The highest BCUT2D eigenvalue weighted by atomic mass is 15.0. The first-order valence-electron chi connectivity index (χ1n) is 4.72. The van der Waals surface area contributed by atoms with Gasteiger partial charge in [0.15, 0.2) is 0 Å². The average Bonchev–Trinajstić information content (AvgIpc) is 2.01. The maximum Gasteiger partial charge on any atom is 0.128 e. The van der Waals surface area contributed by atoms with Crippen molar-refractivity contribution in [3.63, 3.8) is 0 Å². The normalized spacial score (nSPS) is 26.5. The monoisotopic (exact) mass is 177 g/mol. The molecular formula is C10H15N3. The molecule has 1 saturated carbocycles. The first kappa shape index (κ1) is 8.35. The maximum atomic E-state index is 5.64. The predicted octanol–water partition coefficient (Wildman–Crippen LogP) is 1.87. The fraction of sp³-hybridized carbons (Fsp3) is 0.500. The van der Waals surface area contributed by atoms with Crippen molar-refractivity contribution in [2.24, 2.45) is 5.92 Å².